The van der Waals surface area contributed by atoms with E-state index in [1.807, 2.05) is 42.3 Å². The van der Waals surface area contributed by atoms with Gasteiger partial charge >= 0.3 is 0 Å². The van der Waals surface area contributed by atoms with Crippen LogP contribution in [-0.4, -0.2) is 228 Å². The fourth-order valence-corrected chi connectivity index (χ4v) is 32.3. The average Bonchev–Trinajstić information content (AvgIpc) is 0.776. The molecule has 147 heavy (non-hydrogen) atoms. The van der Waals surface area contributed by atoms with Crippen molar-refractivity contribution < 1.29 is 53.7 Å². The van der Waals surface area contributed by atoms with Crippen LogP contribution in [0.25, 0.3) is 0 Å². The van der Waals surface area contributed by atoms with Crippen molar-refractivity contribution >= 4 is 0 Å². The standard InChI is InChI=1S/7C19H29NO/c7*1-20(2)13-12-19-11-5-4-6-16(19)9-7-15-8-10-17(21-3)14-18(15)19/h7*8,10,14,16H,4-7,9,11-13H2,1-3H3/t7*16?,19-/m0000000/s1/i2*3D3;3D2;3D;1D3;1D2;1D. The largest absolute Gasteiger partial charge is 0.497 e. The van der Waals surface area contributed by atoms with Crippen LogP contribution in [0.3, 0.4) is 0 Å². The van der Waals surface area contributed by atoms with E-state index in [0.29, 0.717) is 47.6 Å². The molecular formula is C133H203N7O7. The molecule has 0 heterocycles. The number of methoxy groups -OCH3 is 7. The molecule has 0 aliphatic heterocycles. The van der Waals surface area contributed by atoms with Crippen LogP contribution in [0.15, 0.2) is 127 Å². The first-order chi connectivity index (χ1) is 77.4. The molecule has 14 aliphatic rings. The smallest absolute Gasteiger partial charge is 0.119 e. The molecule has 14 atom stereocenters. The maximum absolute atomic E-state index is 7.63. The van der Waals surface area contributed by atoms with Crippen LogP contribution in [0.2, 0.25) is 0 Å². The van der Waals surface area contributed by atoms with E-state index < -0.39 is 35.1 Å². The number of rotatable bonds is 28. The third-order valence-corrected chi connectivity index (χ3v) is 40.1. The number of aryl methyl sites for hydroxylation is 7. The van der Waals surface area contributed by atoms with E-state index in [2.05, 4.69) is 185 Å². The molecule has 0 saturated heterocycles. The predicted molar refractivity (Wildman–Crippen MR) is 617 cm³/mol. The SMILES string of the molecule is [2H]C([2H])([2H])N(C)CC[C@@]12CCCCC1CCc1ccc(OC)cc12.[2H]C([2H])([2H])Oc1ccc2c(c1)[C@]1(CCN(C)C)CCCCC1CC2.[2H]C([2H])([2H])Oc1ccc2c(c1)[C@]1(CCN(C)C)CCCCC1CC2.[2H]C([2H])N(C)CC[C@@]12CCCCC1CCc1ccc(OC)cc12.[2H]C([2H])Oc1ccc2c(c1)[C@]1(CCN(C)C)CCCCC1CC2.[2H]CN(C)CC[C@@]12CCCCC1CCc1ccc(OC)cc12.[2H]COc1ccc2c(c1)[C@]1(CCN(C)C)CCCCC1CC2. The Kier molecular flexibility index (Phi) is 33.9. The van der Waals surface area contributed by atoms with Gasteiger partial charge in [0.2, 0.25) is 0 Å². The molecule has 14 aliphatic carbocycles. The van der Waals surface area contributed by atoms with Crippen molar-refractivity contribution in [2.45, 2.75) is 353 Å². The molecule has 7 saturated carbocycles. The number of ether oxygens (including phenoxy) is 7. The second-order valence-electron chi connectivity index (χ2n) is 49.2. The molecule has 0 N–H and O–H groups in total. The fourth-order valence-electron chi connectivity index (χ4n) is 32.3. The summed E-state index contributed by atoms with van der Waals surface area (Å²) in [4.78, 5) is 14.6. The first kappa shape index (κ1) is 94.6. The summed E-state index contributed by atoms with van der Waals surface area (Å²) in [6.45, 7) is 3.99. The summed E-state index contributed by atoms with van der Waals surface area (Å²) >= 11 is 0. The lowest BCUT2D eigenvalue weighted by Gasteiger charge is -2.49. The molecule has 0 amide bonds. The zero-order chi connectivity index (χ0) is 116. The Labute approximate surface area is 916 Å². The Bertz CT molecular complexity index is 5730. The Hall–Kier alpha value is -7.14. The zero-order valence-corrected chi connectivity index (χ0v) is 93.8. The van der Waals surface area contributed by atoms with E-state index in [-0.39, 0.29) is 34.2 Å². The van der Waals surface area contributed by atoms with Crippen LogP contribution in [0, 0.1) is 41.4 Å². The van der Waals surface area contributed by atoms with E-state index in [9.17, 15) is 0 Å². The van der Waals surface area contributed by atoms with Gasteiger partial charge in [0.15, 0.2) is 0 Å². The highest BCUT2D eigenvalue weighted by molar-refractivity contribution is 5.51. The van der Waals surface area contributed by atoms with Gasteiger partial charge in [-0.05, 0) is 611 Å². The average molecular weight is 2030 g/mol. The maximum atomic E-state index is 7.63. The van der Waals surface area contributed by atoms with E-state index in [1.165, 1.54) is 340 Å². The zero-order valence-electron chi connectivity index (χ0n) is 109. The van der Waals surface area contributed by atoms with Crippen molar-refractivity contribution in [2.24, 2.45) is 41.4 Å². The first-order valence-corrected chi connectivity index (χ1v) is 58.1. The minimum absolute atomic E-state index is 0.00686. The van der Waals surface area contributed by atoms with Gasteiger partial charge in [0.1, 0.15) is 40.2 Å². The third kappa shape index (κ3) is 26.2. The molecular weight excluding hydrogens is 1810 g/mol. The van der Waals surface area contributed by atoms with Crippen LogP contribution < -0.4 is 33.2 Å². The fraction of sp³-hybridized carbons (Fsp3) is 0.684. The Morgan fingerprint density at radius 1 is 0.231 bits per heavy atom. The summed E-state index contributed by atoms with van der Waals surface area (Å²) in [5, 5.41) is 0. The second kappa shape index (κ2) is 52.7. The van der Waals surface area contributed by atoms with Crippen molar-refractivity contribution in [3.05, 3.63) is 205 Å². The molecule has 7 unspecified atom stereocenters. The predicted octanol–water partition coefficient (Wildman–Crippen LogP) is 28.1. The highest BCUT2D eigenvalue weighted by Gasteiger charge is 2.53. The molecule has 21 rings (SSSR count). The highest BCUT2D eigenvalue weighted by Crippen LogP contribution is 2.61. The van der Waals surface area contributed by atoms with Crippen LogP contribution in [0.5, 0.6) is 40.2 Å². The summed E-state index contributed by atoms with van der Waals surface area (Å²) in [7, 11) is 22.5. The van der Waals surface area contributed by atoms with E-state index >= 15 is 0 Å². The lowest BCUT2D eigenvalue weighted by Crippen LogP contribution is -2.43. The second-order valence-corrected chi connectivity index (χ2v) is 49.2. The highest BCUT2D eigenvalue weighted by atomic mass is 16.5. The van der Waals surface area contributed by atoms with Gasteiger partial charge in [-0.3, -0.25) is 0 Å². The number of hydrogen-bond donors (Lipinski definition) is 0. The number of fused-ring (bicyclic) bond motifs is 21. The van der Waals surface area contributed by atoms with E-state index in [0.717, 1.165) is 149 Å². The minimum atomic E-state index is -2.38. The topological polar surface area (TPSA) is 87.3 Å². The number of nitrogens with zero attached hydrogens (tertiary/aromatic N) is 7. The van der Waals surface area contributed by atoms with Gasteiger partial charge in [-0.15, -0.1) is 0 Å². The molecule has 7 aromatic rings. The summed E-state index contributed by atoms with van der Waals surface area (Å²) in [6, 6.07) is 44.6. The minimum Gasteiger partial charge on any atom is -0.497 e. The lowest BCUT2D eigenvalue weighted by molar-refractivity contribution is 0.135. The van der Waals surface area contributed by atoms with Gasteiger partial charge in [-0.2, -0.15) is 0 Å². The Morgan fingerprint density at radius 3 is 0.626 bits per heavy atom. The van der Waals surface area contributed by atoms with Crippen LogP contribution in [0.1, 0.15) is 368 Å². The molecule has 0 aromatic heterocycles. The van der Waals surface area contributed by atoms with Crippen LogP contribution in [-0.2, 0) is 82.9 Å². The van der Waals surface area contributed by atoms with Gasteiger partial charge in [0.25, 0.3) is 0 Å². The van der Waals surface area contributed by atoms with Gasteiger partial charge in [-0.25, -0.2) is 0 Å². The van der Waals surface area contributed by atoms with Crippen LogP contribution >= 0.6 is 0 Å². The van der Waals surface area contributed by atoms with Gasteiger partial charge in [0.05, 0.1) is 61.9 Å². The molecule has 14 heteroatoms. The Morgan fingerprint density at radius 2 is 0.435 bits per heavy atom. The summed E-state index contributed by atoms with van der Waals surface area (Å²) in [6.07, 6.45) is 61.7. The van der Waals surface area contributed by atoms with E-state index in [4.69, 9.17) is 53.7 Å². The van der Waals surface area contributed by atoms with Crippen molar-refractivity contribution in [3.8, 4) is 40.2 Å². The molecule has 0 bridgehead atoms. The van der Waals surface area contributed by atoms with Gasteiger partial charge in [-0.1, -0.05) is 132 Å². The normalized spacial score (nSPS) is 29.9. The third-order valence-electron chi connectivity index (χ3n) is 40.1. The van der Waals surface area contributed by atoms with Crippen LogP contribution in [0.4, 0.5) is 0 Å². The lowest BCUT2D eigenvalue weighted by atomic mass is 9.56. The maximum Gasteiger partial charge on any atom is 0.119 e. The molecule has 812 valence electrons. The molecule has 7 aromatic carbocycles. The first-order valence-electron chi connectivity index (χ1n) is 66.3. The Balaban J connectivity index is 0.000000139. The van der Waals surface area contributed by atoms with Crippen molar-refractivity contribution in [3.63, 3.8) is 0 Å². The number of benzene rings is 7. The summed E-state index contributed by atoms with van der Waals surface area (Å²) < 4.78 is 150. The molecule has 14 nitrogen and oxygen atoms in total. The van der Waals surface area contributed by atoms with Gasteiger partial charge in [0, 0.05) is 8.22 Å². The number of hydrogen-bond acceptors (Lipinski definition) is 14. The quantitative estimate of drug-likeness (QED) is 0.0466. The van der Waals surface area contributed by atoms with E-state index in [1.54, 1.807) is 33.9 Å². The molecule has 7 fully saturated rings. The van der Waals surface area contributed by atoms with Crippen molar-refractivity contribution in [1.82, 2.24) is 34.3 Å². The van der Waals surface area contributed by atoms with Crippen molar-refractivity contribution in [1.29, 1.82) is 0 Å². The molecule has 0 radical (unpaired) electrons. The van der Waals surface area contributed by atoms with Gasteiger partial charge < -0.3 is 67.5 Å². The summed E-state index contributed by atoms with van der Waals surface area (Å²) in [5.74, 6) is 10.7. The molecule has 0 spiro atoms. The monoisotopic (exact) mass is 2030 g/mol. The van der Waals surface area contributed by atoms with Crippen molar-refractivity contribution in [2.75, 3.05) is 194 Å². The summed E-state index contributed by atoms with van der Waals surface area (Å²) in [5.41, 5.74) is 22.1.